The average Bonchev–Trinajstić information content (AvgIpc) is 4.12. The molecule has 0 N–H and O–H groups in total. The summed E-state index contributed by atoms with van der Waals surface area (Å²) in [5.74, 6) is 1.83. The summed E-state index contributed by atoms with van der Waals surface area (Å²) in [6.07, 6.45) is 8.07. The van der Waals surface area contributed by atoms with E-state index in [1.165, 1.54) is 116 Å². The number of rotatable bonds is 8. The summed E-state index contributed by atoms with van der Waals surface area (Å²) in [5, 5.41) is 5.57. The van der Waals surface area contributed by atoms with Crippen LogP contribution in [-0.2, 0) is 36.2 Å². The van der Waals surface area contributed by atoms with Crippen LogP contribution in [0.4, 0.5) is 0 Å². The first-order valence-electron chi connectivity index (χ1n) is 19.7. The molecule has 0 spiro atoms. The summed E-state index contributed by atoms with van der Waals surface area (Å²) < 4.78 is 0. The van der Waals surface area contributed by atoms with Crippen molar-refractivity contribution in [2.45, 2.75) is 51.6 Å². The molecule has 8 aromatic rings. The Morgan fingerprint density at radius 1 is 0.446 bits per heavy atom. The molecule has 0 amide bonds. The third kappa shape index (κ3) is 10.4. The van der Waals surface area contributed by atoms with Crippen molar-refractivity contribution in [2.75, 3.05) is 0 Å². The Morgan fingerprint density at radius 2 is 0.714 bits per heavy atom. The minimum atomic E-state index is 0. The third-order valence-corrected chi connectivity index (χ3v) is 10.7. The SMILES string of the molecule is C[Si](C)=[Zr+2].[Cl-].[Cl-].c1ccc(-c2ccc(-c3ccccc3)c3[cH-]c(CC4CC4)cc23)cc1.c1ccc(-c2ccc(-c3ccccc3)c3[cH-]c(CC4CC4)cc23)cc1. The molecule has 56 heavy (non-hydrogen) atoms. The Hall–Kier alpha value is -3.78. The van der Waals surface area contributed by atoms with Gasteiger partial charge in [0.2, 0.25) is 0 Å². The molecular weight excluding hydrogens is 815 g/mol. The van der Waals surface area contributed by atoms with E-state index in [1.54, 1.807) is 23.3 Å². The fourth-order valence-electron chi connectivity index (χ4n) is 7.74. The maximum Gasteiger partial charge on any atom is -0.0279 e. The van der Waals surface area contributed by atoms with Crippen LogP contribution in [0.5, 0.6) is 0 Å². The van der Waals surface area contributed by atoms with Crippen molar-refractivity contribution in [3.63, 3.8) is 0 Å². The van der Waals surface area contributed by atoms with Gasteiger partial charge in [0, 0.05) is 0 Å². The summed E-state index contributed by atoms with van der Waals surface area (Å²) >= 11 is 1.74. The number of benzene rings is 6. The first kappa shape index (κ1) is 41.8. The van der Waals surface area contributed by atoms with Gasteiger partial charge in [0.25, 0.3) is 0 Å². The Kier molecular flexibility index (Phi) is 14.6. The zero-order chi connectivity index (χ0) is 36.9. The van der Waals surface area contributed by atoms with Gasteiger partial charge in [-0.25, -0.2) is 0 Å². The molecule has 280 valence electrons. The van der Waals surface area contributed by atoms with Crippen molar-refractivity contribution in [1.82, 2.24) is 0 Å². The van der Waals surface area contributed by atoms with Gasteiger partial charge in [-0.15, -0.1) is 44.8 Å². The third-order valence-electron chi connectivity index (χ3n) is 10.7. The van der Waals surface area contributed by atoms with Crippen LogP contribution >= 0.6 is 0 Å². The van der Waals surface area contributed by atoms with E-state index in [1.807, 2.05) is 0 Å². The molecule has 0 heterocycles. The first-order valence-corrected chi connectivity index (χ1v) is 25.9. The van der Waals surface area contributed by atoms with Crippen LogP contribution in [0.25, 0.3) is 66.1 Å². The van der Waals surface area contributed by atoms with Crippen molar-refractivity contribution in [3.8, 4) is 44.5 Å². The normalized spacial score (nSPS) is 13.1. The fraction of sp³-hybridized carbons (Fsp3) is 0.192. The zero-order valence-corrected chi connectivity index (χ0v) is 37.3. The maximum absolute atomic E-state index is 2.43. The van der Waals surface area contributed by atoms with Crippen LogP contribution in [0.1, 0.15) is 36.8 Å². The zero-order valence-electron chi connectivity index (χ0n) is 32.3. The van der Waals surface area contributed by atoms with Crippen molar-refractivity contribution < 1.29 is 48.1 Å². The predicted octanol–water partition coefficient (Wildman–Crippen LogP) is 8.48. The van der Waals surface area contributed by atoms with Gasteiger partial charge in [-0.2, -0.15) is 12.1 Å². The monoisotopic (exact) mass is 860 g/mol. The van der Waals surface area contributed by atoms with E-state index in [9.17, 15) is 0 Å². The molecule has 0 saturated heterocycles. The van der Waals surface area contributed by atoms with E-state index in [-0.39, 0.29) is 30.2 Å². The summed E-state index contributed by atoms with van der Waals surface area (Å²) in [6, 6.07) is 62.0. The van der Waals surface area contributed by atoms with Gasteiger partial charge in [-0.05, 0) is 61.5 Å². The van der Waals surface area contributed by atoms with E-state index in [2.05, 4.69) is 183 Å². The Labute approximate surface area is 361 Å². The van der Waals surface area contributed by atoms with E-state index in [0.717, 1.165) is 11.8 Å². The molecule has 8 aromatic carbocycles. The van der Waals surface area contributed by atoms with Gasteiger partial charge in [0.15, 0.2) is 0 Å². The van der Waals surface area contributed by atoms with Gasteiger partial charge in [-0.3, -0.25) is 0 Å². The minimum absolute atomic E-state index is 0. The fourth-order valence-corrected chi connectivity index (χ4v) is 7.74. The summed E-state index contributed by atoms with van der Waals surface area (Å²) in [7, 11) is 0. The molecule has 0 aromatic heterocycles. The quantitative estimate of drug-likeness (QED) is 0.106. The number of hydrogen-bond acceptors (Lipinski definition) is 0. The molecule has 0 nitrogen and oxygen atoms in total. The molecule has 2 aliphatic rings. The van der Waals surface area contributed by atoms with Crippen LogP contribution in [-0.4, -0.2) is 5.43 Å². The minimum Gasteiger partial charge on any atom is -1.00 e. The standard InChI is InChI=1S/2C25H21.C2H6Si.2ClH.Zr/c2*1-3-7-20(8-4-1)22-13-14-23(21-9-5-2-6-10-21)25-17-19(16-24(22)25)15-18-11-12-18;1-3-2;;;/h2*1-10,13-14,16-18H,11-12,15H2;1-2H3;2*1H;/q2*-1;;;;+2/p-2. The molecule has 2 fully saturated rings. The van der Waals surface area contributed by atoms with Gasteiger partial charge in [-0.1, -0.05) is 179 Å². The van der Waals surface area contributed by atoms with Crippen LogP contribution < -0.4 is 24.8 Å². The molecule has 0 aliphatic heterocycles. The number of halogens is 2. The largest absolute Gasteiger partial charge is 1.00 e. The van der Waals surface area contributed by atoms with Gasteiger partial charge in [0.1, 0.15) is 0 Å². The Balaban J connectivity index is 0.000000168. The van der Waals surface area contributed by atoms with Crippen molar-refractivity contribution >= 4 is 27.0 Å². The number of fused-ring (bicyclic) bond motifs is 2. The molecule has 2 saturated carbocycles. The van der Waals surface area contributed by atoms with E-state index >= 15 is 0 Å². The predicted molar refractivity (Wildman–Crippen MR) is 231 cm³/mol. The molecule has 10 rings (SSSR count). The van der Waals surface area contributed by atoms with Gasteiger partial charge >= 0.3 is 41.9 Å². The maximum atomic E-state index is 2.43. The van der Waals surface area contributed by atoms with Crippen molar-refractivity contribution in [3.05, 3.63) is 181 Å². The Bertz CT molecular complexity index is 2150. The summed E-state index contributed by atoms with van der Waals surface area (Å²) in [4.78, 5) is 0. The van der Waals surface area contributed by atoms with Gasteiger partial charge in [0.05, 0.1) is 0 Å². The molecular formula is C52H48Cl2SiZr-2. The molecule has 0 atom stereocenters. The van der Waals surface area contributed by atoms with Crippen LogP contribution in [0.3, 0.4) is 0 Å². The van der Waals surface area contributed by atoms with Crippen LogP contribution in [0.2, 0.25) is 13.1 Å². The molecule has 0 unspecified atom stereocenters. The van der Waals surface area contributed by atoms with Crippen LogP contribution in [0.15, 0.2) is 170 Å². The van der Waals surface area contributed by atoms with E-state index < -0.39 is 0 Å². The Morgan fingerprint density at radius 3 is 1.00 bits per heavy atom. The van der Waals surface area contributed by atoms with Crippen LogP contribution in [0, 0.1) is 11.8 Å². The second-order valence-electron chi connectivity index (χ2n) is 15.5. The van der Waals surface area contributed by atoms with E-state index in [4.69, 9.17) is 0 Å². The second-order valence-corrected chi connectivity index (χ2v) is 24.8. The van der Waals surface area contributed by atoms with Crippen molar-refractivity contribution in [1.29, 1.82) is 0 Å². The molecule has 4 heteroatoms. The topological polar surface area (TPSA) is 0 Å². The molecule has 0 radical (unpaired) electrons. The number of hydrogen-bond donors (Lipinski definition) is 0. The smallest absolute Gasteiger partial charge is 0.0279 e. The molecule has 2 aliphatic carbocycles. The first-order chi connectivity index (χ1) is 26.5. The average molecular weight is 863 g/mol. The van der Waals surface area contributed by atoms with Gasteiger partial charge < -0.3 is 24.8 Å². The van der Waals surface area contributed by atoms with E-state index in [0.29, 0.717) is 0 Å². The summed E-state index contributed by atoms with van der Waals surface area (Å²) in [6.45, 7) is 4.62. The van der Waals surface area contributed by atoms with Crippen molar-refractivity contribution in [2.24, 2.45) is 11.8 Å². The molecule has 0 bridgehead atoms. The summed E-state index contributed by atoms with van der Waals surface area (Å²) in [5.41, 5.74) is 13.8. The second kappa shape index (κ2) is 19.6.